The van der Waals surface area contributed by atoms with Crippen LogP contribution in [0.4, 0.5) is 0 Å². The van der Waals surface area contributed by atoms with E-state index in [0.717, 1.165) is 25.6 Å². The molecule has 0 bridgehead atoms. The van der Waals surface area contributed by atoms with E-state index >= 15 is 0 Å². The van der Waals surface area contributed by atoms with Crippen molar-refractivity contribution in [3.05, 3.63) is 99.7 Å². The third-order valence-corrected chi connectivity index (χ3v) is 5.53. The number of aromatic amines is 1. The van der Waals surface area contributed by atoms with E-state index < -0.39 is 11.2 Å². The van der Waals surface area contributed by atoms with E-state index in [-0.39, 0.29) is 18.0 Å². The maximum absolute atomic E-state index is 13.4. The largest absolute Gasteiger partial charge is 0.329 e. The lowest BCUT2D eigenvalue weighted by atomic mass is 9.99. The van der Waals surface area contributed by atoms with Crippen molar-refractivity contribution in [1.29, 1.82) is 0 Å². The molecule has 29 heavy (non-hydrogen) atoms. The molecule has 3 rings (SSSR count). The zero-order chi connectivity index (χ0) is 21.3. The number of aromatic nitrogens is 2. The van der Waals surface area contributed by atoms with E-state index in [1.807, 2.05) is 38.1 Å². The van der Waals surface area contributed by atoms with Gasteiger partial charge in [0.25, 0.3) is 5.56 Å². The summed E-state index contributed by atoms with van der Waals surface area (Å²) in [5.41, 5.74) is 2.50. The first kappa shape index (κ1) is 21.5. The van der Waals surface area contributed by atoms with Crippen LogP contribution < -0.4 is 11.2 Å². The Morgan fingerprint density at radius 3 is 2.10 bits per heavy atom. The molecule has 7 heteroatoms. The Kier molecular flexibility index (Phi) is 6.39. The summed E-state index contributed by atoms with van der Waals surface area (Å²) in [6.45, 7) is 5.78. The number of nitrogens with one attached hydrogen (secondary N) is 1. The lowest BCUT2D eigenvalue weighted by Gasteiger charge is -2.16. The molecular formula is C22H20Br2N2O3. The van der Waals surface area contributed by atoms with Crippen molar-refractivity contribution in [2.75, 3.05) is 0 Å². The average Bonchev–Trinajstić information content (AvgIpc) is 2.61. The number of carbonyl (C=O) groups is 1. The number of benzene rings is 2. The molecule has 150 valence electrons. The van der Waals surface area contributed by atoms with Gasteiger partial charge in [-0.25, -0.2) is 4.79 Å². The van der Waals surface area contributed by atoms with E-state index in [9.17, 15) is 14.4 Å². The van der Waals surface area contributed by atoms with Crippen molar-refractivity contribution >= 4 is 37.6 Å². The summed E-state index contributed by atoms with van der Waals surface area (Å²) >= 11 is 6.89. The fourth-order valence-electron chi connectivity index (χ4n) is 3.48. The molecule has 3 aromatic rings. The molecule has 0 aliphatic rings. The normalized spacial score (nSPS) is 10.9. The molecule has 0 unspecified atom stereocenters. The highest BCUT2D eigenvalue weighted by atomic mass is 79.9. The molecule has 0 aliphatic heterocycles. The van der Waals surface area contributed by atoms with Crippen molar-refractivity contribution in [3.8, 4) is 0 Å². The first-order valence-corrected chi connectivity index (χ1v) is 10.7. The minimum Gasteiger partial charge on any atom is -0.287 e. The fraction of sp³-hybridized carbons (Fsp3) is 0.227. The molecule has 0 fully saturated rings. The highest BCUT2D eigenvalue weighted by molar-refractivity contribution is 9.11. The van der Waals surface area contributed by atoms with Crippen molar-refractivity contribution in [3.63, 3.8) is 0 Å². The second-order valence-corrected chi connectivity index (χ2v) is 8.84. The summed E-state index contributed by atoms with van der Waals surface area (Å²) in [5, 5.41) is 0. The van der Waals surface area contributed by atoms with Gasteiger partial charge in [0.1, 0.15) is 5.69 Å². The minimum absolute atomic E-state index is 0.141. The van der Waals surface area contributed by atoms with Gasteiger partial charge in [0.2, 0.25) is 5.78 Å². The van der Waals surface area contributed by atoms with Gasteiger partial charge in [-0.05, 0) is 56.2 Å². The van der Waals surface area contributed by atoms with E-state index in [4.69, 9.17) is 0 Å². The van der Waals surface area contributed by atoms with Gasteiger partial charge >= 0.3 is 5.69 Å². The van der Waals surface area contributed by atoms with E-state index in [2.05, 4.69) is 36.8 Å². The van der Waals surface area contributed by atoms with Gasteiger partial charge in [-0.15, -0.1) is 0 Å². The summed E-state index contributed by atoms with van der Waals surface area (Å²) in [6.07, 6.45) is 0.337. The summed E-state index contributed by atoms with van der Waals surface area (Å²) in [4.78, 5) is 40.9. The van der Waals surface area contributed by atoms with Crippen LogP contribution in [0.15, 0.2) is 54.9 Å². The third-order valence-electron chi connectivity index (χ3n) is 4.61. The number of halogens is 2. The average molecular weight is 520 g/mol. The zero-order valence-corrected chi connectivity index (χ0v) is 19.5. The number of carbonyl (C=O) groups excluding carboxylic acids is 1. The molecular weight excluding hydrogens is 500 g/mol. The number of H-pyrrole nitrogens is 1. The Bertz CT molecular complexity index is 1190. The first-order valence-electron chi connectivity index (χ1n) is 9.13. The van der Waals surface area contributed by atoms with E-state index in [0.29, 0.717) is 17.5 Å². The number of rotatable bonds is 5. The second-order valence-electron chi connectivity index (χ2n) is 7.01. The summed E-state index contributed by atoms with van der Waals surface area (Å²) in [5.74, 6) is -0.328. The van der Waals surface area contributed by atoms with Gasteiger partial charge < -0.3 is 0 Å². The van der Waals surface area contributed by atoms with Crippen LogP contribution in [0.2, 0.25) is 0 Å². The van der Waals surface area contributed by atoms with Crippen molar-refractivity contribution in [1.82, 2.24) is 9.55 Å². The molecule has 0 atom stereocenters. The molecule has 0 aliphatic carbocycles. The van der Waals surface area contributed by atoms with E-state index in [1.165, 1.54) is 4.57 Å². The zero-order valence-electron chi connectivity index (χ0n) is 16.3. The molecule has 0 saturated heterocycles. The first-order chi connectivity index (χ1) is 13.7. The molecule has 5 nitrogen and oxygen atoms in total. The van der Waals surface area contributed by atoms with Crippen molar-refractivity contribution in [2.45, 2.75) is 33.7 Å². The second kappa shape index (κ2) is 8.63. The van der Waals surface area contributed by atoms with Crippen LogP contribution in [-0.4, -0.2) is 15.3 Å². The van der Waals surface area contributed by atoms with Crippen molar-refractivity contribution in [2.24, 2.45) is 0 Å². The Labute approximate surface area is 185 Å². The summed E-state index contributed by atoms with van der Waals surface area (Å²) < 4.78 is 3.04. The highest BCUT2D eigenvalue weighted by Crippen LogP contribution is 2.22. The number of aryl methyl sites for hydroxylation is 2. The smallest absolute Gasteiger partial charge is 0.287 e. The Hall–Kier alpha value is -2.25. The molecule has 0 spiro atoms. The monoisotopic (exact) mass is 518 g/mol. The fourth-order valence-corrected chi connectivity index (χ4v) is 4.87. The molecule has 1 N–H and O–H groups in total. The molecule has 0 radical (unpaired) electrons. The Morgan fingerprint density at radius 2 is 1.55 bits per heavy atom. The highest BCUT2D eigenvalue weighted by Gasteiger charge is 2.22. The molecule has 1 heterocycles. The van der Waals surface area contributed by atoms with Gasteiger partial charge in [-0.3, -0.25) is 19.1 Å². The Balaban J connectivity index is 2.25. The molecule has 1 aromatic heterocycles. The standard InChI is InChI=1S/C22H20Br2N2O3/c1-4-18-19(20(27)15-6-12(2)5-13(3)7-15)26(22(29)25-21(18)28)11-14-8-16(23)10-17(24)9-14/h5-10H,4,11H2,1-3H3,(H,25,28,29). The maximum atomic E-state index is 13.4. The molecule has 0 saturated carbocycles. The van der Waals surface area contributed by atoms with E-state index in [1.54, 1.807) is 19.1 Å². The van der Waals surface area contributed by atoms with Crippen LogP contribution in [0.5, 0.6) is 0 Å². The van der Waals surface area contributed by atoms with Crippen LogP contribution in [0.3, 0.4) is 0 Å². The lowest BCUT2D eigenvalue weighted by Crippen LogP contribution is -2.37. The van der Waals surface area contributed by atoms with Crippen LogP contribution >= 0.6 is 31.9 Å². The van der Waals surface area contributed by atoms with Gasteiger partial charge in [0, 0.05) is 20.1 Å². The SMILES string of the molecule is CCc1c(C(=O)c2cc(C)cc(C)c2)n(Cc2cc(Br)cc(Br)c2)c(=O)[nH]c1=O. The topological polar surface area (TPSA) is 71.9 Å². The number of hydrogen-bond acceptors (Lipinski definition) is 3. The minimum atomic E-state index is -0.601. The third kappa shape index (κ3) is 4.67. The van der Waals surface area contributed by atoms with Crippen molar-refractivity contribution < 1.29 is 4.79 Å². The number of ketones is 1. The van der Waals surface area contributed by atoms with Gasteiger partial charge in [0.15, 0.2) is 0 Å². The predicted molar refractivity (Wildman–Crippen MR) is 121 cm³/mol. The van der Waals surface area contributed by atoms with Crippen LogP contribution in [0.25, 0.3) is 0 Å². The predicted octanol–water partition coefficient (Wildman–Crippen LogP) is 4.52. The molecule has 2 aromatic carbocycles. The Morgan fingerprint density at radius 1 is 0.966 bits per heavy atom. The van der Waals surface area contributed by atoms with Crippen LogP contribution in [0.1, 0.15) is 45.2 Å². The van der Waals surface area contributed by atoms with Gasteiger partial charge in [-0.1, -0.05) is 56.0 Å². The molecule has 0 amide bonds. The quantitative estimate of drug-likeness (QED) is 0.504. The summed E-state index contributed by atoms with van der Waals surface area (Å²) in [7, 11) is 0. The maximum Gasteiger partial charge on any atom is 0.329 e. The van der Waals surface area contributed by atoms with Crippen LogP contribution in [-0.2, 0) is 13.0 Å². The number of nitrogens with zero attached hydrogens (tertiary/aromatic N) is 1. The summed E-state index contributed by atoms with van der Waals surface area (Å²) in [6, 6.07) is 11.2. The van der Waals surface area contributed by atoms with Crippen LogP contribution in [0, 0.1) is 13.8 Å². The van der Waals surface area contributed by atoms with Gasteiger partial charge in [-0.2, -0.15) is 0 Å². The number of hydrogen-bond donors (Lipinski definition) is 1. The van der Waals surface area contributed by atoms with Gasteiger partial charge in [0.05, 0.1) is 6.54 Å². The lowest BCUT2D eigenvalue weighted by molar-refractivity contribution is 0.102.